The number of carbonyl (C=O) groups excluding carboxylic acids is 1. The van der Waals surface area contributed by atoms with Crippen LogP contribution >= 0.6 is 28.3 Å². The zero-order chi connectivity index (χ0) is 13.5. The maximum atomic E-state index is 12.0. The second-order valence-corrected chi connectivity index (χ2v) is 4.91. The standard InChI is InChI=1S/C13H19BrN2O2.ClH/c1-10(13(17)16(3)9-8-15-2)18-12-7-5-4-6-11(12)14;/h4-7,10,15H,8-9H2,1-3H3;1H. The predicted octanol–water partition coefficient (Wildman–Crippen LogP) is 2.32. The third-order valence-corrected chi connectivity index (χ3v) is 3.22. The smallest absolute Gasteiger partial charge is 0.263 e. The molecular formula is C13H20BrClN2O2. The van der Waals surface area contributed by atoms with Crippen molar-refractivity contribution in [3.05, 3.63) is 28.7 Å². The van der Waals surface area contributed by atoms with E-state index in [9.17, 15) is 4.79 Å². The summed E-state index contributed by atoms with van der Waals surface area (Å²) in [6.45, 7) is 3.20. The lowest BCUT2D eigenvalue weighted by molar-refractivity contribution is -0.136. The average Bonchev–Trinajstić information content (AvgIpc) is 2.37. The van der Waals surface area contributed by atoms with E-state index < -0.39 is 6.10 Å². The molecule has 0 heterocycles. The number of rotatable bonds is 6. The molecule has 19 heavy (non-hydrogen) atoms. The quantitative estimate of drug-likeness (QED) is 0.855. The zero-order valence-electron chi connectivity index (χ0n) is 11.4. The maximum absolute atomic E-state index is 12.0. The predicted molar refractivity (Wildman–Crippen MR) is 83.0 cm³/mol. The first-order valence-corrected chi connectivity index (χ1v) is 6.66. The number of nitrogens with zero attached hydrogens (tertiary/aromatic N) is 1. The third-order valence-electron chi connectivity index (χ3n) is 2.56. The van der Waals surface area contributed by atoms with Crippen LogP contribution in [0.25, 0.3) is 0 Å². The van der Waals surface area contributed by atoms with Crippen LogP contribution in [-0.4, -0.2) is 44.1 Å². The van der Waals surface area contributed by atoms with Crippen molar-refractivity contribution < 1.29 is 9.53 Å². The Hall–Kier alpha value is -0.780. The van der Waals surface area contributed by atoms with E-state index in [0.29, 0.717) is 12.3 Å². The van der Waals surface area contributed by atoms with Crippen molar-refractivity contribution in [1.82, 2.24) is 10.2 Å². The molecule has 1 amide bonds. The Morgan fingerprint density at radius 2 is 2.11 bits per heavy atom. The van der Waals surface area contributed by atoms with Crippen LogP contribution < -0.4 is 10.1 Å². The van der Waals surface area contributed by atoms with Crippen LogP contribution in [0, 0.1) is 0 Å². The van der Waals surface area contributed by atoms with Gasteiger partial charge in [0.2, 0.25) is 0 Å². The molecule has 1 rings (SSSR count). The molecule has 1 aromatic carbocycles. The van der Waals surface area contributed by atoms with Crippen molar-refractivity contribution >= 4 is 34.2 Å². The highest BCUT2D eigenvalue weighted by atomic mass is 79.9. The van der Waals surface area contributed by atoms with Gasteiger partial charge in [0.25, 0.3) is 5.91 Å². The van der Waals surface area contributed by atoms with Gasteiger partial charge in [0, 0.05) is 20.1 Å². The number of benzene rings is 1. The van der Waals surface area contributed by atoms with Crippen LogP contribution in [0.3, 0.4) is 0 Å². The number of para-hydroxylation sites is 1. The van der Waals surface area contributed by atoms with Crippen LogP contribution in [0.15, 0.2) is 28.7 Å². The molecule has 108 valence electrons. The van der Waals surface area contributed by atoms with Gasteiger partial charge in [-0.25, -0.2) is 0 Å². The molecule has 1 aromatic rings. The van der Waals surface area contributed by atoms with Crippen LogP contribution in [0.2, 0.25) is 0 Å². The van der Waals surface area contributed by atoms with Crippen molar-refractivity contribution in [2.45, 2.75) is 13.0 Å². The van der Waals surface area contributed by atoms with Crippen molar-refractivity contribution in [1.29, 1.82) is 0 Å². The van der Waals surface area contributed by atoms with Crippen molar-refractivity contribution in [3.63, 3.8) is 0 Å². The fraction of sp³-hybridized carbons (Fsp3) is 0.462. The first-order chi connectivity index (χ1) is 8.56. The van der Waals surface area contributed by atoms with Crippen molar-refractivity contribution in [2.24, 2.45) is 0 Å². The van der Waals surface area contributed by atoms with Gasteiger partial charge in [0.15, 0.2) is 6.10 Å². The summed E-state index contributed by atoms with van der Waals surface area (Å²) >= 11 is 3.39. The van der Waals surface area contributed by atoms with Gasteiger partial charge < -0.3 is 15.0 Å². The van der Waals surface area contributed by atoms with Gasteiger partial charge in [0.05, 0.1) is 4.47 Å². The lowest BCUT2D eigenvalue weighted by Crippen LogP contribution is -2.40. The highest BCUT2D eigenvalue weighted by molar-refractivity contribution is 9.10. The Morgan fingerprint density at radius 1 is 1.47 bits per heavy atom. The van der Waals surface area contributed by atoms with E-state index in [0.717, 1.165) is 11.0 Å². The second kappa shape index (κ2) is 9.18. The molecule has 1 atom stereocenters. The third kappa shape index (κ3) is 5.80. The topological polar surface area (TPSA) is 41.6 Å². The molecule has 0 saturated heterocycles. The van der Waals surface area contributed by atoms with E-state index in [2.05, 4.69) is 21.2 Å². The first-order valence-electron chi connectivity index (χ1n) is 5.87. The van der Waals surface area contributed by atoms with E-state index in [1.807, 2.05) is 31.3 Å². The molecule has 0 aliphatic heterocycles. The Kier molecular flexibility index (Phi) is 8.80. The highest BCUT2D eigenvalue weighted by Gasteiger charge is 2.19. The molecule has 1 N–H and O–H groups in total. The normalized spacial score (nSPS) is 11.4. The number of hydrogen-bond acceptors (Lipinski definition) is 3. The van der Waals surface area contributed by atoms with E-state index in [1.165, 1.54) is 0 Å². The molecular weight excluding hydrogens is 332 g/mol. The minimum atomic E-state index is -0.495. The number of nitrogens with one attached hydrogen (secondary N) is 1. The molecule has 0 radical (unpaired) electrons. The summed E-state index contributed by atoms with van der Waals surface area (Å²) in [5.41, 5.74) is 0. The van der Waals surface area contributed by atoms with E-state index in [1.54, 1.807) is 18.9 Å². The van der Waals surface area contributed by atoms with Crippen molar-refractivity contribution in [3.8, 4) is 5.75 Å². The van der Waals surface area contributed by atoms with Gasteiger partial charge >= 0.3 is 0 Å². The molecule has 4 nitrogen and oxygen atoms in total. The molecule has 0 aliphatic rings. The molecule has 1 unspecified atom stereocenters. The summed E-state index contributed by atoms with van der Waals surface area (Å²) in [6, 6.07) is 7.50. The Labute approximate surface area is 129 Å². The number of carbonyl (C=O) groups is 1. The fourth-order valence-electron chi connectivity index (χ4n) is 1.48. The molecule has 0 aliphatic carbocycles. The molecule has 0 spiro atoms. The van der Waals surface area contributed by atoms with Crippen LogP contribution in [0.5, 0.6) is 5.75 Å². The average molecular weight is 352 g/mol. The summed E-state index contributed by atoms with van der Waals surface area (Å²) in [6.07, 6.45) is -0.495. The van der Waals surface area contributed by atoms with E-state index in [-0.39, 0.29) is 18.3 Å². The SMILES string of the molecule is CNCCN(C)C(=O)C(C)Oc1ccccc1Br.Cl. The van der Waals surface area contributed by atoms with E-state index in [4.69, 9.17) is 4.74 Å². The molecule has 6 heteroatoms. The van der Waals surface area contributed by atoms with Gasteiger partial charge in [-0.15, -0.1) is 12.4 Å². The van der Waals surface area contributed by atoms with Crippen LogP contribution in [0.1, 0.15) is 6.92 Å². The summed E-state index contributed by atoms with van der Waals surface area (Å²) < 4.78 is 6.50. The Balaban J connectivity index is 0.00000324. The fourth-order valence-corrected chi connectivity index (χ4v) is 1.86. The lowest BCUT2D eigenvalue weighted by Gasteiger charge is -2.22. The summed E-state index contributed by atoms with van der Waals surface area (Å²) in [7, 11) is 3.64. The van der Waals surface area contributed by atoms with Crippen LogP contribution in [0.4, 0.5) is 0 Å². The number of amides is 1. The Bertz CT molecular complexity index is 404. The van der Waals surface area contributed by atoms with E-state index >= 15 is 0 Å². The number of halogens is 2. The zero-order valence-corrected chi connectivity index (χ0v) is 13.8. The van der Waals surface area contributed by atoms with Crippen molar-refractivity contribution in [2.75, 3.05) is 27.2 Å². The second-order valence-electron chi connectivity index (χ2n) is 4.05. The Morgan fingerprint density at radius 3 is 2.68 bits per heavy atom. The molecule has 0 saturated carbocycles. The number of ether oxygens (including phenoxy) is 1. The number of hydrogen-bond donors (Lipinski definition) is 1. The summed E-state index contributed by atoms with van der Waals surface area (Å²) in [5.74, 6) is 0.654. The van der Waals surface area contributed by atoms with Crippen LogP contribution in [-0.2, 0) is 4.79 Å². The molecule has 0 bridgehead atoms. The monoisotopic (exact) mass is 350 g/mol. The summed E-state index contributed by atoms with van der Waals surface area (Å²) in [4.78, 5) is 13.7. The molecule has 0 aromatic heterocycles. The van der Waals surface area contributed by atoms with Gasteiger partial charge in [-0.2, -0.15) is 0 Å². The number of likely N-dealkylation sites (N-methyl/N-ethyl adjacent to an activating group) is 2. The minimum Gasteiger partial charge on any atom is -0.480 e. The maximum Gasteiger partial charge on any atom is 0.263 e. The molecule has 0 fully saturated rings. The van der Waals surface area contributed by atoms with Gasteiger partial charge in [0.1, 0.15) is 5.75 Å². The summed E-state index contributed by atoms with van der Waals surface area (Å²) in [5, 5.41) is 3.01. The lowest BCUT2D eigenvalue weighted by atomic mass is 10.3. The first kappa shape index (κ1) is 18.2. The van der Waals surface area contributed by atoms with Gasteiger partial charge in [-0.05, 0) is 42.0 Å². The minimum absolute atomic E-state index is 0. The van der Waals surface area contributed by atoms with Gasteiger partial charge in [-0.3, -0.25) is 4.79 Å². The largest absolute Gasteiger partial charge is 0.480 e. The highest BCUT2D eigenvalue weighted by Crippen LogP contribution is 2.24. The van der Waals surface area contributed by atoms with Gasteiger partial charge in [-0.1, -0.05) is 12.1 Å².